The summed E-state index contributed by atoms with van der Waals surface area (Å²) in [6.45, 7) is 10.4. The Morgan fingerprint density at radius 3 is 2.33 bits per heavy atom. The lowest BCUT2D eigenvalue weighted by Gasteiger charge is -2.35. The molecule has 0 saturated carbocycles. The molecular formula is C44H51N9O5. The Kier molecular flexibility index (Phi) is 11.9. The van der Waals surface area contributed by atoms with Crippen LogP contribution in [0.3, 0.4) is 0 Å². The van der Waals surface area contributed by atoms with Crippen molar-refractivity contribution < 1.29 is 24.2 Å². The fourth-order valence-electron chi connectivity index (χ4n) is 8.17. The molecule has 5 heterocycles. The van der Waals surface area contributed by atoms with Crippen LogP contribution in [-0.4, -0.2) is 137 Å². The number of piperazine rings is 2. The van der Waals surface area contributed by atoms with Gasteiger partial charge in [0.15, 0.2) is 12.3 Å². The minimum atomic E-state index is -0.458. The number of anilines is 2. The second-order valence-corrected chi connectivity index (χ2v) is 15.2. The molecule has 3 saturated heterocycles. The van der Waals surface area contributed by atoms with Crippen molar-refractivity contribution in [1.82, 2.24) is 34.6 Å². The van der Waals surface area contributed by atoms with Gasteiger partial charge in [0, 0.05) is 101 Å². The molecule has 2 N–H and O–H groups in total. The van der Waals surface area contributed by atoms with E-state index in [2.05, 4.69) is 81.5 Å². The van der Waals surface area contributed by atoms with Crippen molar-refractivity contribution in [2.45, 2.75) is 26.2 Å². The summed E-state index contributed by atoms with van der Waals surface area (Å²) in [7, 11) is 0. The van der Waals surface area contributed by atoms with Crippen LogP contribution in [0.4, 0.5) is 16.3 Å². The van der Waals surface area contributed by atoms with Crippen LogP contribution in [0.2, 0.25) is 0 Å². The number of aliphatic hydroxyl groups is 1. The number of urea groups is 1. The van der Waals surface area contributed by atoms with Gasteiger partial charge in [-0.1, -0.05) is 54.6 Å². The van der Waals surface area contributed by atoms with Gasteiger partial charge < -0.3 is 19.6 Å². The van der Waals surface area contributed by atoms with E-state index in [9.17, 15) is 19.5 Å². The first-order valence-electron chi connectivity index (χ1n) is 20.3. The number of aryl methyl sites for hydroxylation is 2. The van der Waals surface area contributed by atoms with E-state index in [1.807, 2.05) is 15.5 Å². The highest BCUT2D eigenvalue weighted by molar-refractivity contribution is 6.05. The molecule has 302 valence electrons. The number of carbonyl (C=O) groups excluding carboxylic acids is 3. The Morgan fingerprint density at radius 2 is 1.55 bits per heavy atom. The standard InChI is InChI=1S/C44H51N9O5/c1-32-42(34-10-3-2-4-11-34)43-45-38(30-40(53(43)47-32)50-22-18-49(19-23-50)26-27-54)35-12-5-8-33(28-35)9-7-16-48-20-24-51(25-21-48)41(56)31-58-37-14-6-13-36(29-37)52-17-15-39(55)46-44(52)57/h2-6,8,10-14,28-30,54H,7,9,15-27,31H2,1H3,(H,46,55,57). The summed E-state index contributed by atoms with van der Waals surface area (Å²) in [5.74, 6) is 1.18. The van der Waals surface area contributed by atoms with Crippen molar-refractivity contribution in [2.75, 3.05) is 95.0 Å². The molecule has 58 heavy (non-hydrogen) atoms. The fourth-order valence-corrected chi connectivity index (χ4v) is 8.17. The van der Waals surface area contributed by atoms with Crippen molar-refractivity contribution in [3.63, 3.8) is 0 Å². The van der Waals surface area contributed by atoms with Gasteiger partial charge in [-0.15, -0.1) is 0 Å². The van der Waals surface area contributed by atoms with E-state index in [-0.39, 0.29) is 31.4 Å². The number of aromatic nitrogens is 3. The number of imide groups is 1. The third-order valence-corrected chi connectivity index (χ3v) is 11.4. The number of rotatable bonds is 13. The Labute approximate surface area is 338 Å². The SMILES string of the molecule is Cc1nn2c(N3CCN(CCO)CC3)cc(-c3cccc(CCCN4CCN(C(=O)COc5cccc(N6CCC(=O)NC6=O)c5)CC4)c3)nc2c1-c1ccccc1. The highest BCUT2D eigenvalue weighted by Gasteiger charge is 2.26. The van der Waals surface area contributed by atoms with Crippen LogP contribution in [0.15, 0.2) is 84.9 Å². The summed E-state index contributed by atoms with van der Waals surface area (Å²) >= 11 is 0. The topological polar surface area (TPSA) is 139 Å². The summed E-state index contributed by atoms with van der Waals surface area (Å²) in [6, 6.07) is 27.8. The van der Waals surface area contributed by atoms with Gasteiger partial charge in [-0.25, -0.2) is 9.78 Å². The fraction of sp³-hybridized carbons (Fsp3) is 0.386. The highest BCUT2D eigenvalue weighted by Crippen LogP contribution is 2.33. The molecule has 0 radical (unpaired) electrons. The van der Waals surface area contributed by atoms with E-state index in [0.717, 1.165) is 98.2 Å². The van der Waals surface area contributed by atoms with Crippen LogP contribution >= 0.6 is 0 Å². The van der Waals surface area contributed by atoms with Gasteiger partial charge in [0.05, 0.1) is 18.0 Å². The molecule has 5 aromatic rings. The lowest BCUT2D eigenvalue weighted by molar-refractivity contribution is -0.135. The average Bonchev–Trinajstić information content (AvgIpc) is 3.59. The van der Waals surface area contributed by atoms with Gasteiger partial charge in [0.2, 0.25) is 5.91 Å². The van der Waals surface area contributed by atoms with E-state index in [1.54, 1.807) is 24.3 Å². The molecule has 14 nitrogen and oxygen atoms in total. The molecule has 3 fully saturated rings. The van der Waals surface area contributed by atoms with Crippen LogP contribution in [-0.2, 0) is 16.0 Å². The van der Waals surface area contributed by atoms with Gasteiger partial charge in [0.1, 0.15) is 11.6 Å². The number of benzene rings is 3. The zero-order valence-corrected chi connectivity index (χ0v) is 33.1. The Morgan fingerprint density at radius 1 is 0.810 bits per heavy atom. The average molecular weight is 786 g/mol. The van der Waals surface area contributed by atoms with E-state index >= 15 is 0 Å². The first-order valence-corrected chi connectivity index (χ1v) is 20.3. The predicted molar refractivity (Wildman–Crippen MR) is 223 cm³/mol. The number of carbonyl (C=O) groups is 3. The van der Waals surface area contributed by atoms with Gasteiger partial charge in [-0.2, -0.15) is 9.61 Å². The van der Waals surface area contributed by atoms with E-state index in [1.165, 1.54) is 10.5 Å². The van der Waals surface area contributed by atoms with Gasteiger partial charge in [-0.3, -0.25) is 29.6 Å². The van der Waals surface area contributed by atoms with Crippen molar-refractivity contribution >= 4 is 35.0 Å². The summed E-state index contributed by atoms with van der Waals surface area (Å²) in [5, 5.41) is 16.8. The molecule has 3 aliphatic heterocycles. The highest BCUT2D eigenvalue weighted by atomic mass is 16.5. The minimum Gasteiger partial charge on any atom is -0.484 e. The predicted octanol–water partition coefficient (Wildman–Crippen LogP) is 4.09. The molecule has 3 aliphatic rings. The van der Waals surface area contributed by atoms with Gasteiger partial charge in [-0.05, 0) is 55.6 Å². The van der Waals surface area contributed by atoms with Crippen LogP contribution in [0.25, 0.3) is 28.0 Å². The van der Waals surface area contributed by atoms with Crippen molar-refractivity contribution in [3.05, 3.63) is 96.2 Å². The first-order chi connectivity index (χ1) is 28.3. The molecule has 0 aliphatic carbocycles. The van der Waals surface area contributed by atoms with Gasteiger partial charge >= 0.3 is 6.03 Å². The molecule has 0 spiro atoms. The van der Waals surface area contributed by atoms with E-state index in [4.69, 9.17) is 14.8 Å². The molecule has 0 bridgehead atoms. The second kappa shape index (κ2) is 17.8. The third kappa shape index (κ3) is 8.84. The number of amides is 4. The summed E-state index contributed by atoms with van der Waals surface area (Å²) < 4.78 is 7.85. The number of fused-ring (bicyclic) bond motifs is 1. The molecule has 3 aromatic carbocycles. The summed E-state index contributed by atoms with van der Waals surface area (Å²) in [5.41, 5.74) is 7.80. The molecule has 0 unspecified atom stereocenters. The van der Waals surface area contributed by atoms with Crippen LogP contribution in [0.1, 0.15) is 24.1 Å². The Balaban J connectivity index is 0.876. The van der Waals surface area contributed by atoms with Crippen LogP contribution in [0.5, 0.6) is 5.75 Å². The maximum absolute atomic E-state index is 13.1. The Hall–Kier alpha value is -5.83. The monoisotopic (exact) mass is 785 g/mol. The Bertz CT molecular complexity index is 2250. The third-order valence-electron chi connectivity index (χ3n) is 11.4. The van der Waals surface area contributed by atoms with Crippen molar-refractivity contribution in [1.29, 1.82) is 0 Å². The number of nitrogens with zero attached hydrogens (tertiary/aromatic N) is 8. The summed E-state index contributed by atoms with van der Waals surface area (Å²) in [6.07, 6.45) is 2.16. The lowest BCUT2D eigenvalue weighted by atomic mass is 10.0. The van der Waals surface area contributed by atoms with Crippen molar-refractivity contribution in [3.8, 4) is 28.1 Å². The zero-order chi connectivity index (χ0) is 40.0. The smallest absolute Gasteiger partial charge is 0.328 e. The van der Waals surface area contributed by atoms with Crippen molar-refractivity contribution in [2.24, 2.45) is 0 Å². The number of hydrogen-bond donors (Lipinski definition) is 2. The quantitative estimate of drug-likeness (QED) is 0.180. The van der Waals surface area contributed by atoms with Gasteiger partial charge in [0.25, 0.3) is 5.91 Å². The molecule has 8 rings (SSSR count). The lowest BCUT2D eigenvalue weighted by Crippen LogP contribution is -2.50. The summed E-state index contributed by atoms with van der Waals surface area (Å²) in [4.78, 5) is 52.6. The molecule has 4 amide bonds. The minimum absolute atomic E-state index is 0.0657. The number of ether oxygens (including phenoxy) is 1. The first kappa shape index (κ1) is 39.0. The number of aliphatic hydroxyl groups excluding tert-OH is 1. The normalized spacial score (nSPS) is 16.9. The number of nitrogens with one attached hydrogen (secondary N) is 1. The molecule has 0 atom stereocenters. The number of β-amino-alcohol motifs (C(OH)–C–C–N with tert-alkyl or cyclic N) is 1. The maximum Gasteiger partial charge on any atom is 0.328 e. The molecular weight excluding hydrogens is 735 g/mol. The van der Waals surface area contributed by atoms with E-state index in [0.29, 0.717) is 37.6 Å². The number of hydrogen-bond acceptors (Lipinski definition) is 10. The molecule has 2 aromatic heterocycles. The van der Waals surface area contributed by atoms with Crippen LogP contribution in [0, 0.1) is 6.92 Å². The second-order valence-electron chi connectivity index (χ2n) is 15.2. The maximum atomic E-state index is 13.1. The zero-order valence-electron chi connectivity index (χ0n) is 33.1. The van der Waals surface area contributed by atoms with Crippen LogP contribution < -0.4 is 19.9 Å². The largest absolute Gasteiger partial charge is 0.484 e. The van der Waals surface area contributed by atoms with E-state index < -0.39 is 6.03 Å². The molecule has 14 heteroatoms.